The minimum Gasteiger partial charge on any atom is -0.334 e. The van der Waals surface area contributed by atoms with Crippen molar-refractivity contribution in [3.63, 3.8) is 0 Å². The Bertz CT molecular complexity index is 439. The zero-order valence-corrected chi connectivity index (χ0v) is 11.6. The molecule has 18 heavy (non-hydrogen) atoms. The van der Waals surface area contributed by atoms with Crippen LogP contribution in [0.25, 0.3) is 0 Å². The molecule has 4 heteroatoms. The van der Waals surface area contributed by atoms with Gasteiger partial charge >= 0.3 is 0 Å². The molecule has 0 saturated heterocycles. The van der Waals surface area contributed by atoms with Crippen LogP contribution < -0.4 is 5.32 Å². The smallest absolute Gasteiger partial charge is 0.237 e. The van der Waals surface area contributed by atoms with Crippen molar-refractivity contribution >= 4 is 17.2 Å². The van der Waals surface area contributed by atoms with E-state index in [1.54, 1.807) is 0 Å². The Labute approximate surface area is 112 Å². The molecule has 1 fully saturated rings. The second-order valence-corrected chi connectivity index (χ2v) is 6.39. The molecule has 0 aromatic carbocycles. The van der Waals surface area contributed by atoms with Gasteiger partial charge in [0, 0.05) is 11.4 Å². The van der Waals surface area contributed by atoms with E-state index in [4.69, 9.17) is 0 Å². The summed E-state index contributed by atoms with van der Waals surface area (Å²) in [7, 11) is 0. The number of fused-ring (bicyclic) bond motifs is 1. The highest BCUT2D eigenvalue weighted by Gasteiger charge is 2.28. The summed E-state index contributed by atoms with van der Waals surface area (Å²) in [5.74, 6) is 1.08. The summed E-state index contributed by atoms with van der Waals surface area (Å²) in [5, 5.41) is 5.43. The molecule has 1 aromatic heterocycles. The van der Waals surface area contributed by atoms with Crippen LogP contribution in [-0.4, -0.2) is 30.4 Å². The van der Waals surface area contributed by atoms with Crippen LogP contribution in [0, 0.1) is 5.92 Å². The Morgan fingerprint density at radius 1 is 1.56 bits per heavy atom. The van der Waals surface area contributed by atoms with Crippen molar-refractivity contribution < 1.29 is 4.79 Å². The molecule has 1 aliphatic carbocycles. The molecule has 0 radical (unpaired) electrons. The van der Waals surface area contributed by atoms with Crippen molar-refractivity contribution in [2.75, 3.05) is 19.6 Å². The molecular formula is C14H20N2OS. The van der Waals surface area contributed by atoms with Gasteiger partial charge in [0.05, 0.1) is 12.6 Å². The van der Waals surface area contributed by atoms with Gasteiger partial charge in [-0.15, -0.1) is 11.3 Å². The third-order valence-corrected chi connectivity index (χ3v) is 5.00. The maximum atomic E-state index is 12.2. The predicted molar refractivity (Wildman–Crippen MR) is 73.7 cm³/mol. The molecule has 0 bridgehead atoms. The number of rotatable bonds is 4. The minimum atomic E-state index is 0.246. The lowest BCUT2D eigenvalue weighted by molar-refractivity contribution is -0.132. The molecule has 1 aromatic rings. The number of hydrogen-bond donors (Lipinski definition) is 1. The van der Waals surface area contributed by atoms with Crippen LogP contribution >= 0.6 is 11.3 Å². The highest BCUT2D eigenvalue weighted by atomic mass is 32.1. The first-order valence-corrected chi connectivity index (χ1v) is 7.70. The monoisotopic (exact) mass is 264 g/mol. The number of nitrogens with one attached hydrogen (secondary N) is 1. The molecule has 1 atom stereocenters. The molecule has 3 nitrogen and oxygen atoms in total. The van der Waals surface area contributed by atoms with E-state index in [0.29, 0.717) is 6.54 Å². The Balaban J connectivity index is 1.57. The van der Waals surface area contributed by atoms with E-state index in [1.807, 2.05) is 16.2 Å². The van der Waals surface area contributed by atoms with Crippen LogP contribution in [0.5, 0.6) is 0 Å². The van der Waals surface area contributed by atoms with Gasteiger partial charge in [0.1, 0.15) is 0 Å². The highest BCUT2D eigenvalue weighted by Crippen LogP contribution is 2.32. The summed E-state index contributed by atoms with van der Waals surface area (Å²) in [4.78, 5) is 15.7. The molecule has 3 rings (SSSR count). The van der Waals surface area contributed by atoms with Crippen LogP contribution in [0.3, 0.4) is 0 Å². The fraction of sp³-hybridized carbons (Fsp3) is 0.643. The standard InChI is InChI=1S/C14H20N2OS/c1-10-12-5-7-18-13(12)4-6-16(10)14(17)9-15-8-11-2-3-11/h5,7,10-11,15H,2-4,6,8-9H2,1H3. The Hall–Kier alpha value is -0.870. The third-order valence-electron chi connectivity index (χ3n) is 4.00. The van der Waals surface area contributed by atoms with Crippen molar-refractivity contribution in [3.05, 3.63) is 21.9 Å². The number of amides is 1. The van der Waals surface area contributed by atoms with Crippen molar-refractivity contribution in [2.45, 2.75) is 32.2 Å². The van der Waals surface area contributed by atoms with Crippen LogP contribution in [0.15, 0.2) is 11.4 Å². The lowest BCUT2D eigenvalue weighted by Gasteiger charge is -2.33. The Morgan fingerprint density at radius 3 is 3.17 bits per heavy atom. The van der Waals surface area contributed by atoms with E-state index in [9.17, 15) is 4.79 Å². The van der Waals surface area contributed by atoms with Gasteiger partial charge in [-0.2, -0.15) is 0 Å². The average Bonchev–Trinajstić information content (AvgIpc) is 3.05. The number of carbonyl (C=O) groups is 1. The molecular weight excluding hydrogens is 244 g/mol. The van der Waals surface area contributed by atoms with Crippen LogP contribution in [-0.2, 0) is 11.2 Å². The normalized spacial score (nSPS) is 22.9. The molecule has 1 unspecified atom stereocenters. The van der Waals surface area contributed by atoms with E-state index in [0.717, 1.165) is 25.4 Å². The molecule has 1 aliphatic heterocycles. The van der Waals surface area contributed by atoms with E-state index in [2.05, 4.69) is 23.7 Å². The Kier molecular flexibility index (Phi) is 3.39. The molecule has 98 valence electrons. The van der Waals surface area contributed by atoms with Crippen molar-refractivity contribution in [3.8, 4) is 0 Å². The predicted octanol–water partition coefficient (Wildman–Crippen LogP) is 2.19. The SMILES string of the molecule is CC1c2ccsc2CCN1C(=O)CNCC1CC1. The van der Waals surface area contributed by atoms with Gasteiger partial charge in [-0.05, 0) is 55.7 Å². The van der Waals surface area contributed by atoms with E-state index >= 15 is 0 Å². The van der Waals surface area contributed by atoms with E-state index in [1.165, 1.54) is 23.3 Å². The first-order valence-electron chi connectivity index (χ1n) is 6.82. The van der Waals surface area contributed by atoms with Gasteiger partial charge < -0.3 is 10.2 Å². The van der Waals surface area contributed by atoms with Gasteiger partial charge in [0.25, 0.3) is 0 Å². The Morgan fingerprint density at radius 2 is 2.39 bits per heavy atom. The first kappa shape index (κ1) is 12.2. The second kappa shape index (κ2) is 5.02. The quantitative estimate of drug-likeness (QED) is 0.904. The maximum Gasteiger partial charge on any atom is 0.237 e. The topological polar surface area (TPSA) is 32.3 Å². The molecule has 1 saturated carbocycles. The molecule has 1 amide bonds. The zero-order valence-electron chi connectivity index (χ0n) is 10.8. The minimum absolute atomic E-state index is 0.246. The number of carbonyl (C=O) groups excluding carboxylic acids is 1. The highest BCUT2D eigenvalue weighted by molar-refractivity contribution is 7.10. The fourth-order valence-corrected chi connectivity index (χ4v) is 3.62. The van der Waals surface area contributed by atoms with Crippen LogP contribution in [0.2, 0.25) is 0 Å². The molecule has 1 N–H and O–H groups in total. The van der Waals surface area contributed by atoms with E-state index in [-0.39, 0.29) is 11.9 Å². The molecule has 0 spiro atoms. The number of hydrogen-bond acceptors (Lipinski definition) is 3. The molecule has 2 aliphatic rings. The van der Waals surface area contributed by atoms with E-state index < -0.39 is 0 Å². The van der Waals surface area contributed by atoms with Gasteiger partial charge in [0.15, 0.2) is 0 Å². The summed E-state index contributed by atoms with van der Waals surface area (Å²) < 4.78 is 0. The summed E-state index contributed by atoms with van der Waals surface area (Å²) in [6, 6.07) is 2.41. The van der Waals surface area contributed by atoms with Gasteiger partial charge in [0.2, 0.25) is 5.91 Å². The summed E-state index contributed by atoms with van der Waals surface area (Å²) in [6.07, 6.45) is 3.69. The summed E-state index contributed by atoms with van der Waals surface area (Å²) >= 11 is 1.82. The number of thiophene rings is 1. The largest absolute Gasteiger partial charge is 0.334 e. The first-order chi connectivity index (χ1) is 8.75. The zero-order chi connectivity index (χ0) is 12.5. The van der Waals surface area contributed by atoms with Gasteiger partial charge in [-0.1, -0.05) is 0 Å². The second-order valence-electron chi connectivity index (χ2n) is 5.39. The maximum absolute atomic E-state index is 12.2. The van der Waals surface area contributed by atoms with Crippen LogP contribution in [0.1, 0.15) is 36.2 Å². The fourth-order valence-electron chi connectivity index (χ4n) is 2.66. The summed E-state index contributed by atoms with van der Waals surface area (Å²) in [5.41, 5.74) is 1.35. The van der Waals surface area contributed by atoms with Crippen molar-refractivity contribution in [1.29, 1.82) is 0 Å². The number of nitrogens with zero attached hydrogens (tertiary/aromatic N) is 1. The lowest BCUT2D eigenvalue weighted by Crippen LogP contribution is -2.43. The van der Waals surface area contributed by atoms with Crippen molar-refractivity contribution in [2.24, 2.45) is 5.92 Å². The third kappa shape index (κ3) is 2.45. The van der Waals surface area contributed by atoms with Crippen LogP contribution in [0.4, 0.5) is 0 Å². The average molecular weight is 264 g/mol. The van der Waals surface area contributed by atoms with Gasteiger partial charge in [-0.25, -0.2) is 0 Å². The van der Waals surface area contributed by atoms with Crippen molar-refractivity contribution in [1.82, 2.24) is 10.2 Å². The molecule has 2 heterocycles. The van der Waals surface area contributed by atoms with Gasteiger partial charge in [-0.3, -0.25) is 4.79 Å². The lowest BCUT2D eigenvalue weighted by atomic mass is 10.0. The summed E-state index contributed by atoms with van der Waals surface area (Å²) in [6.45, 7) is 4.53.